The molecule has 2 rings (SSSR count). The van der Waals surface area contributed by atoms with Gasteiger partial charge in [0.15, 0.2) is 12.4 Å². The molecule has 0 atom stereocenters. The van der Waals surface area contributed by atoms with Gasteiger partial charge >= 0.3 is 5.69 Å². The topological polar surface area (TPSA) is 81.5 Å². The van der Waals surface area contributed by atoms with Crippen molar-refractivity contribution in [3.05, 3.63) is 69.0 Å². The first-order valence-corrected chi connectivity index (χ1v) is 6.91. The molecular formula is C15H12ClFN2O4. The molecule has 0 saturated heterocycles. The summed E-state index contributed by atoms with van der Waals surface area (Å²) in [6, 6.07) is 9.56. The average molecular weight is 339 g/mol. The van der Waals surface area contributed by atoms with Crippen molar-refractivity contribution in [2.45, 2.75) is 6.54 Å². The quantitative estimate of drug-likeness (QED) is 0.648. The first-order chi connectivity index (χ1) is 11.0. The van der Waals surface area contributed by atoms with Gasteiger partial charge < -0.3 is 10.1 Å². The fraction of sp³-hybridized carbons (Fsp3) is 0.133. The average Bonchev–Trinajstić information content (AvgIpc) is 2.53. The summed E-state index contributed by atoms with van der Waals surface area (Å²) in [5, 5.41) is 13.7. The predicted octanol–water partition coefficient (Wildman–Crippen LogP) is 3.08. The zero-order chi connectivity index (χ0) is 16.8. The predicted molar refractivity (Wildman–Crippen MR) is 81.8 cm³/mol. The highest BCUT2D eigenvalue weighted by molar-refractivity contribution is 6.30. The van der Waals surface area contributed by atoms with Crippen LogP contribution in [0.1, 0.15) is 5.56 Å². The molecule has 6 nitrogen and oxygen atoms in total. The number of nitro benzene ring substituents is 1. The molecule has 23 heavy (non-hydrogen) atoms. The van der Waals surface area contributed by atoms with Crippen molar-refractivity contribution in [3.63, 3.8) is 0 Å². The molecule has 0 aromatic heterocycles. The molecule has 0 heterocycles. The van der Waals surface area contributed by atoms with E-state index in [0.717, 1.165) is 11.6 Å². The summed E-state index contributed by atoms with van der Waals surface area (Å²) < 4.78 is 17.9. The second kappa shape index (κ2) is 7.55. The molecule has 2 aromatic carbocycles. The molecule has 0 radical (unpaired) electrons. The lowest BCUT2D eigenvalue weighted by atomic mass is 10.2. The summed E-state index contributed by atoms with van der Waals surface area (Å²) in [7, 11) is 0. The molecule has 2 aromatic rings. The highest BCUT2D eigenvalue weighted by atomic mass is 35.5. The lowest BCUT2D eigenvalue weighted by Gasteiger charge is -2.08. The van der Waals surface area contributed by atoms with Crippen molar-refractivity contribution in [3.8, 4) is 5.75 Å². The fourth-order valence-corrected chi connectivity index (χ4v) is 1.92. The summed E-state index contributed by atoms with van der Waals surface area (Å²) in [5.41, 5.74) is 0.404. The van der Waals surface area contributed by atoms with Crippen LogP contribution in [0.2, 0.25) is 5.02 Å². The molecule has 0 fully saturated rings. The molecule has 0 bridgehead atoms. The second-order valence-corrected chi connectivity index (χ2v) is 5.00. The number of hydrogen-bond acceptors (Lipinski definition) is 4. The molecule has 0 spiro atoms. The van der Waals surface area contributed by atoms with Crippen LogP contribution in [0.5, 0.6) is 5.75 Å². The number of hydrogen-bond donors (Lipinski definition) is 1. The molecule has 1 amide bonds. The van der Waals surface area contributed by atoms with Crippen molar-refractivity contribution < 1.29 is 18.8 Å². The number of benzene rings is 2. The number of carbonyl (C=O) groups excluding carboxylic acids is 1. The third-order valence-corrected chi connectivity index (χ3v) is 3.11. The van der Waals surface area contributed by atoms with Crippen LogP contribution in [0.15, 0.2) is 42.5 Å². The largest absolute Gasteiger partial charge is 0.477 e. The van der Waals surface area contributed by atoms with Crippen molar-refractivity contribution in [1.82, 2.24) is 5.32 Å². The Balaban J connectivity index is 1.89. The van der Waals surface area contributed by atoms with E-state index in [9.17, 15) is 19.3 Å². The van der Waals surface area contributed by atoms with Gasteiger partial charge in [-0.2, -0.15) is 0 Å². The van der Waals surface area contributed by atoms with E-state index in [2.05, 4.69) is 5.32 Å². The Kier molecular flexibility index (Phi) is 5.48. The number of ether oxygens (including phenoxy) is 1. The van der Waals surface area contributed by atoms with Gasteiger partial charge in [0.05, 0.1) is 4.92 Å². The van der Waals surface area contributed by atoms with Crippen molar-refractivity contribution in [2.24, 2.45) is 0 Å². The van der Waals surface area contributed by atoms with Gasteiger partial charge in [-0.1, -0.05) is 23.7 Å². The van der Waals surface area contributed by atoms with Gasteiger partial charge in [-0.05, 0) is 29.8 Å². The Morgan fingerprint density at radius 1 is 1.26 bits per heavy atom. The minimum Gasteiger partial charge on any atom is -0.477 e. The van der Waals surface area contributed by atoms with Gasteiger partial charge in [-0.3, -0.25) is 14.9 Å². The van der Waals surface area contributed by atoms with Gasteiger partial charge in [0, 0.05) is 17.6 Å². The molecular weight excluding hydrogens is 327 g/mol. The highest BCUT2D eigenvalue weighted by Gasteiger charge is 2.16. The van der Waals surface area contributed by atoms with Crippen LogP contribution >= 0.6 is 11.6 Å². The number of halogens is 2. The maximum Gasteiger partial charge on any atom is 0.312 e. The second-order valence-electron chi connectivity index (χ2n) is 4.56. The third kappa shape index (κ3) is 4.93. The Hall–Kier alpha value is -2.67. The van der Waals surface area contributed by atoms with Crippen molar-refractivity contribution in [2.75, 3.05) is 6.61 Å². The maximum atomic E-state index is 12.8. The first kappa shape index (κ1) is 16.7. The number of nitro groups is 1. The van der Waals surface area contributed by atoms with E-state index >= 15 is 0 Å². The Labute approximate surface area is 136 Å². The van der Waals surface area contributed by atoms with Crippen molar-refractivity contribution >= 4 is 23.2 Å². The van der Waals surface area contributed by atoms with Crippen LogP contribution in [-0.2, 0) is 11.3 Å². The third-order valence-electron chi connectivity index (χ3n) is 2.88. The van der Waals surface area contributed by atoms with Crippen LogP contribution in [-0.4, -0.2) is 17.4 Å². The van der Waals surface area contributed by atoms with Crippen LogP contribution in [0.3, 0.4) is 0 Å². The van der Waals surface area contributed by atoms with Crippen LogP contribution in [0.4, 0.5) is 10.1 Å². The normalized spacial score (nSPS) is 10.2. The zero-order valence-corrected chi connectivity index (χ0v) is 12.5. The standard InChI is InChI=1S/C15H12ClFN2O4/c16-11-3-6-14(13(7-11)19(21)22)23-9-15(20)18-8-10-1-4-12(17)5-2-10/h1-7H,8-9H2,(H,18,20). The van der Waals surface area contributed by atoms with Crippen LogP contribution < -0.4 is 10.1 Å². The number of nitrogens with zero attached hydrogens (tertiary/aromatic N) is 1. The molecule has 120 valence electrons. The number of carbonyl (C=O) groups is 1. The SMILES string of the molecule is O=C(COc1ccc(Cl)cc1[N+](=O)[O-])NCc1ccc(F)cc1. The van der Waals surface area contributed by atoms with Gasteiger partial charge in [0.2, 0.25) is 0 Å². The van der Waals surface area contributed by atoms with Crippen LogP contribution in [0, 0.1) is 15.9 Å². The van der Waals surface area contributed by atoms with E-state index in [1.165, 1.54) is 24.3 Å². The Morgan fingerprint density at radius 2 is 1.96 bits per heavy atom. The van der Waals surface area contributed by atoms with E-state index in [0.29, 0.717) is 0 Å². The molecule has 8 heteroatoms. The molecule has 0 aliphatic carbocycles. The number of amides is 1. The van der Waals surface area contributed by atoms with E-state index in [4.69, 9.17) is 16.3 Å². The van der Waals surface area contributed by atoms with Gasteiger partial charge in [-0.15, -0.1) is 0 Å². The zero-order valence-electron chi connectivity index (χ0n) is 11.8. The van der Waals surface area contributed by atoms with Crippen molar-refractivity contribution in [1.29, 1.82) is 0 Å². The monoisotopic (exact) mass is 338 g/mol. The van der Waals surface area contributed by atoms with Gasteiger partial charge in [-0.25, -0.2) is 4.39 Å². The van der Waals surface area contributed by atoms with Gasteiger partial charge in [0.25, 0.3) is 5.91 Å². The number of nitrogens with one attached hydrogen (secondary N) is 1. The van der Waals surface area contributed by atoms with E-state index in [1.54, 1.807) is 12.1 Å². The van der Waals surface area contributed by atoms with E-state index in [-0.39, 0.29) is 35.4 Å². The molecule has 0 unspecified atom stereocenters. The lowest BCUT2D eigenvalue weighted by molar-refractivity contribution is -0.385. The summed E-state index contributed by atoms with van der Waals surface area (Å²) >= 11 is 5.69. The van der Waals surface area contributed by atoms with E-state index < -0.39 is 10.8 Å². The summed E-state index contributed by atoms with van der Waals surface area (Å²) in [4.78, 5) is 21.9. The molecule has 1 N–H and O–H groups in total. The maximum absolute atomic E-state index is 12.8. The first-order valence-electron chi connectivity index (χ1n) is 6.53. The molecule has 0 aliphatic heterocycles. The van der Waals surface area contributed by atoms with E-state index in [1.807, 2.05) is 0 Å². The summed E-state index contributed by atoms with van der Waals surface area (Å²) in [6.07, 6.45) is 0. The lowest BCUT2D eigenvalue weighted by Crippen LogP contribution is -2.28. The number of rotatable bonds is 6. The summed E-state index contributed by atoms with van der Waals surface area (Å²) in [6.45, 7) is -0.186. The smallest absolute Gasteiger partial charge is 0.312 e. The minimum absolute atomic E-state index is 0.0451. The minimum atomic E-state index is -0.641. The highest BCUT2D eigenvalue weighted by Crippen LogP contribution is 2.29. The van der Waals surface area contributed by atoms with Crippen LogP contribution in [0.25, 0.3) is 0 Å². The Bertz CT molecular complexity index is 722. The Morgan fingerprint density at radius 3 is 2.61 bits per heavy atom. The molecule has 0 saturated carbocycles. The van der Waals surface area contributed by atoms with Gasteiger partial charge in [0.1, 0.15) is 5.82 Å². The summed E-state index contributed by atoms with van der Waals surface area (Å²) in [5.74, 6) is -0.867. The molecule has 0 aliphatic rings. The fourth-order valence-electron chi connectivity index (χ4n) is 1.75.